The molecule has 0 bridgehead atoms. The zero-order chi connectivity index (χ0) is 15.8. The minimum Gasteiger partial charge on any atom is -0.545 e. The van der Waals surface area contributed by atoms with Crippen LogP contribution in [0.1, 0.15) is 10.4 Å². The molecule has 0 radical (unpaired) electrons. The van der Waals surface area contributed by atoms with Gasteiger partial charge in [-0.05, 0) is 24.3 Å². The normalized spacial score (nSPS) is 11.0. The number of pyridine rings is 2. The fourth-order valence-corrected chi connectivity index (χ4v) is 2.68. The molecule has 0 unspecified atom stereocenters. The van der Waals surface area contributed by atoms with E-state index >= 15 is 0 Å². The third-order valence-electron chi connectivity index (χ3n) is 3.80. The molecule has 2 aromatic carbocycles. The van der Waals surface area contributed by atoms with Crippen LogP contribution in [0.4, 0.5) is 0 Å². The van der Waals surface area contributed by atoms with Gasteiger partial charge in [0.05, 0.1) is 28.4 Å². The minimum absolute atomic E-state index is 0.126. The van der Waals surface area contributed by atoms with Gasteiger partial charge in [-0.25, -0.2) is 9.97 Å². The average Bonchev–Trinajstić information content (AvgIpc) is 2.60. The zero-order valence-corrected chi connectivity index (χ0v) is 12.1. The fourth-order valence-electron chi connectivity index (χ4n) is 2.68. The maximum absolute atomic E-state index is 11.5. The Bertz CT molecular complexity index is 1060. The lowest BCUT2D eigenvalue weighted by Gasteiger charge is -2.10. The number of hydrogen-bond donors (Lipinski definition) is 0. The average molecular weight is 299 g/mol. The van der Waals surface area contributed by atoms with Gasteiger partial charge in [0.25, 0.3) is 0 Å². The molecule has 110 valence electrons. The Kier molecular flexibility index (Phi) is 3.01. The molecule has 0 fully saturated rings. The van der Waals surface area contributed by atoms with Crippen molar-refractivity contribution in [1.29, 1.82) is 0 Å². The van der Waals surface area contributed by atoms with Crippen LogP contribution in [-0.2, 0) is 0 Å². The molecule has 4 aromatic rings. The van der Waals surface area contributed by atoms with Gasteiger partial charge in [0.1, 0.15) is 0 Å². The van der Waals surface area contributed by atoms with Gasteiger partial charge < -0.3 is 9.90 Å². The first-order chi connectivity index (χ1) is 11.2. The number of hydrogen-bond acceptors (Lipinski definition) is 4. The van der Waals surface area contributed by atoms with Crippen molar-refractivity contribution in [2.75, 3.05) is 0 Å². The van der Waals surface area contributed by atoms with E-state index in [0.717, 1.165) is 10.9 Å². The van der Waals surface area contributed by atoms with Crippen molar-refractivity contribution in [2.45, 2.75) is 0 Å². The van der Waals surface area contributed by atoms with E-state index in [4.69, 9.17) is 0 Å². The van der Waals surface area contributed by atoms with Crippen LogP contribution < -0.4 is 5.11 Å². The van der Waals surface area contributed by atoms with Crippen LogP contribution in [0.5, 0.6) is 0 Å². The molecule has 23 heavy (non-hydrogen) atoms. The quantitative estimate of drug-likeness (QED) is 0.571. The smallest absolute Gasteiger partial charge is 0.0900 e. The van der Waals surface area contributed by atoms with Crippen molar-refractivity contribution in [3.63, 3.8) is 0 Å². The van der Waals surface area contributed by atoms with Gasteiger partial charge in [-0.2, -0.15) is 0 Å². The Hall–Kier alpha value is -3.27. The number of carboxylic acid groups (broad SMARTS) is 1. The Labute approximate surface area is 132 Å². The summed E-state index contributed by atoms with van der Waals surface area (Å²) in [5.74, 6) is -1.22. The topological polar surface area (TPSA) is 65.9 Å². The number of aromatic carboxylic acids is 1. The zero-order valence-electron chi connectivity index (χ0n) is 12.1. The molecule has 0 aliphatic rings. The van der Waals surface area contributed by atoms with Gasteiger partial charge in [-0.3, -0.25) is 0 Å². The van der Waals surface area contributed by atoms with Crippen molar-refractivity contribution in [2.24, 2.45) is 0 Å². The van der Waals surface area contributed by atoms with Crippen LogP contribution >= 0.6 is 0 Å². The van der Waals surface area contributed by atoms with Gasteiger partial charge in [0, 0.05) is 16.3 Å². The first kappa shape index (κ1) is 13.4. The molecule has 4 nitrogen and oxygen atoms in total. The molecule has 2 heterocycles. The maximum atomic E-state index is 11.5. The van der Waals surface area contributed by atoms with Gasteiger partial charge in [-0.1, -0.05) is 42.5 Å². The molecule has 0 amide bonds. The van der Waals surface area contributed by atoms with Crippen molar-refractivity contribution in [3.05, 3.63) is 72.3 Å². The van der Waals surface area contributed by atoms with Crippen LogP contribution in [0.15, 0.2) is 66.7 Å². The Morgan fingerprint density at radius 1 is 0.783 bits per heavy atom. The number of carboxylic acids is 1. The molecule has 4 heteroatoms. The summed E-state index contributed by atoms with van der Waals surface area (Å²) in [6.07, 6.45) is 0. The molecule has 0 spiro atoms. The van der Waals surface area contributed by atoms with Gasteiger partial charge in [0.15, 0.2) is 0 Å². The summed E-state index contributed by atoms with van der Waals surface area (Å²) in [6, 6.07) is 20.2. The van der Waals surface area contributed by atoms with Crippen LogP contribution in [0.25, 0.3) is 33.2 Å². The van der Waals surface area contributed by atoms with E-state index in [9.17, 15) is 9.90 Å². The lowest BCUT2D eigenvalue weighted by Crippen LogP contribution is -2.22. The first-order valence-electron chi connectivity index (χ1n) is 7.20. The molecule has 0 aliphatic heterocycles. The number of benzene rings is 2. The van der Waals surface area contributed by atoms with E-state index in [0.29, 0.717) is 22.3 Å². The van der Waals surface area contributed by atoms with Crippen molar-refractivity contribution < 1.29 is 9.90 Å². The van der Waals surface area contributed by atoms with E-state index in [1.54, 1.807) is 18.2 Å². The lowest BCUT2D eigenvalue weighted by molar-refractivity contribution is -0.254. The second-order valence-corrected chi connectivity index (χ2v) is 5.25. The SMILES string of the molecule is O=C([O-])c1cc(-c2ccc3ccccc3n2)nc2ccccc12. The highest BCUT2D eigenvalue weighted by Crippen LogP contribution is 2.25. The maximum Gasteiger partial charge on any atom is 0.0900 e. The lowest BCUT2D eigenvalue weighted by atomic mass is 10.1. The first-order valence-corrected chi connectivity index (χ1v) is 7.20. The minimum atomic E-state index is -1.22. The largest absolute Gasteiger partial charge is 0.545 e. The predicted octanol–water partition coefficient (Wildman–Crippen LogP) is 2.81. The van der Waals surface area contributed by atoms with Crippen LogP contribution in [0, 0.1) is 0 Å². The predicted molar refractivity (Wildman–Crippen MR) is 86.8 cm³/mol. The second-order valence-electron chi connectivity index (χ2n) is 5.25. The summed E-state index contributed by atoms with van der Waals surface area (Å²) in [4.78, 5) is 20.6. The fraction of sp³-hybridized carbons (Fsp3) is 0. The van der Waals surface area contributed by atoms with E-state index in [1.165, 1.54) is 6.07 Å². The highest BCUT2D eigenvalue weighted by Gasteiger charge is 2.09. The third-order valence-corrected chi connectivity index (χ3v) is 3.80. The van der Waals surface area contributed by atoms with Gasteiger partial charge in [-0.15, -0.1) is 0 Å². The second kappa shape index (κ2) is 5.18. The molecule has 0 atom stereocenters. The van der Waals surface area contributed by atoms with Crippen LogP contribution in [0.2, 0.25) is 0 Å². The number of carbonyl (C=O) groups is 1. The Morgan fingerprint density at radius 3 is 2.30 bits per heavy atom. The van der Waals surface area contributed by atoms with E-state index in [-0.39, 0.29) is 5.56 Å². The Balaban J connectivity index is 1.98. The number of aromatic nitrogens is 2. The number of para-hydroxylation sites is 2. The molecule has 0 saturated carbocycles. The summed E-state index contributed by atoms with van der Waals surface area (Å²) in [7, 11) is 0. The molecule has 2 aromatic heterocycles. The van der Waals surface area contributed by atoms with Crippen molar-refractivity contribution in [3.8, 4) is 11.4 Å². The molecule has 0 saturated heterocycles. The monoisotopic (exact) mass is 299 g/mol. The Morgan fingerprint density at radius 2 is 1.48 bits per heavy atom. The standard InChI is InChI=1S/C19H12N2O2/c22-19(23)14-11-18(21-16-8-4-2-6-13(14)16)17-10-9-12-5-1-3-7-15(12)20-17/h1-11H,(H,22,23)/p-1. The van der Waals surface area contributed by atoms with Crippen LogP contribution in [0.3, 0.4) is 0 Å². The molecular weight excluding hydrogens is 288 g/mol. The number of fused-ring (bicyclic) bond motifs is 2. The number of rotatable bonds is 2. The van der Waals surface area contributed by atoms with Gasteiger partial charge in [0.2, 0.25) is 0 Å². The number of carbonyl (C=O) groups excluding carboxylic acids is 1. The van der Waals surface area contributed by atoms with E-state index in [1.807, 2.05) is 42.5 Å². The van der Waals surface area contributed by atoms with Gasteiger partial charge >= 0.3 is 0 Å². The molecule has 4 rings (SSSR count). The third kappa shape index (κ3) is 2.30. The van der Waals surface area contributed by atoms with Crippen molar-refractivity contribution in [1.82, 2.24) is 9.97 Å². The highest BCUT2D eigenvalue weighted by molar-refractivity contribution is 6.02. The van der Waals surface area contributed by atoms with Crippen LogP contribution in [-0.4, -0.2) is 15.9 Å². The summed E-state index contributed by atoms with van der Waals surface area (Å²) in [5.41, 5.74) is 2.74. The highest BCUT2D eigenvalue weighted by atomic mass is 16.4. The summed E-state index contributed by atoms with van der Waals surface area (Å²) in [5, 5.41) is 13.0. The van der Waals surface area contributed by atoms with Crippen molar-refractivity contribution >= 4 is 27.8 Å². The molecular formula is C19H11N2O2-. The summed E-state index contributed by atoms with van der Waals surface area (Å²) >= 11 is 0. The molecule has 0 N–H and O–H groups in total. The van der Waals surface area contributed by atoms with E-state index < -0.39 is 5.97 Å². The summed E-state index contributed by atoms with van der Waals surface area (Å²) in [6.45, 7) is 0. The summed E-state index contributed by atoms with van der Waals surface area (Å²) < 4.78 is 0. The number of nitrogens with zero attached hydrogens (tertiary/aromatic N) is 2. The van der Waals surface area contributed by atoms with E-state index in [2.05, 4.69) is 9.97 Å². The molecule has 0 aliphatic carbocycles.